The highest BCUT2D eigenvalue weighted by Gasteiger charge is 2.48. The van der Waals surface area contributed by atoms with Crippen LogP contribution in [-0.2, 0) is 9.53 Å². The SMILES string of the molecule is CCC(COC)NC(=O)C1(C(N)=NO)CCC1. The normalized spacial score (nSPS) is 20.5. The van der Waals surface area contributed by atoms with Gasteiger partial charge >= 0.3 is 0 Å². The maximum absolute atomic E-state index is 12.2. The lowest BCUT2D eigenvalue weighted by Gasteiger charge is -2.39. The fourth-order valence-electron chi connectivity index (χ4n) is 2.01. The molecule has 1 unspecified atom stereocenters. The number of ether oxygens (including phenoxy) is 1. The van der Waals surface area contributed by atoms with Gasteiger partial charge in [-0.2, -0.15) is 0 Å². The molecule has 0 radical (unpaired) electrons. The van der Waals surface area contributed by atoms with Crippen LogP contribution in [-0.4, -0.2) is 36.7 Å². The van der Waals surface area contributed by atoms with Crippen LogP contribution in [0.2, 0.25) is 0 Å². The zero-order valence-electron chi connectivity index (χ0n) is 10.4. The van der Waals surface area contributed by atoms with Gasteiger partial charge in [-0.25, -0.2) is 0 Å². The van der Waals surface area contributed by atoms with Crippen LogP contribution in [0, 0.1) is 5.41 Å². The molecule has 6 nitrogen and oxygen atoms in total. The van der Waals surface area contributed by atoms with Crippen LogP contribution < -0.4 is 11.1 Å². The van der Waals surface area contributed by atoms with E-state index in [4.69, 9.17) is 15.7 Å². The summed E-state index contributed by atoms with van der Waals surface area (Å²) in [6.07, 6.45) is 2.98. The highest BCUT2D eigenvalue weighted by atomic mass is 16.5. The molecule has 1 aliphatic carbocycles. The van der Waals surface area contributed by atoms with E-state index in [9.17, 15) is 4.79 Å². The van der Waals surface area contributed by atoms with Gasteiger partial charge in [0, 0.05) is 7.11 Å². The van der Waals surface area contributed by atoms with E-state index in [2.05, 4.69) is 10.5 Å². The Morgan fingerprint density at radius 2 is 2.29 bits per heavy atom. The second-order valence-corrected chi connectivity index (χ2v) is 4.45. The van der Waals surface area contributed by atoms with Gasteiger partial charge in [0.25, 0.3) is 0 Å². The fraction of sp³-hybridized carbons (Fsp3) is 0.818. The Kier molecular flexibility index (Phi) is 4.74. The Labute approximate surface area is 101 Å². The van der Waals surface area contributed by atoms with E-state index >= 15 is 0 Å². The second kappa shape index (κ2) is 5.86. The molecule has 1 saturated carbocycles. The van der Waals surface area contributed by atoms with Crippen molar-refractivity contribution >= 4 is 11.7 Å². The number of amides is 1. The summed E-state index contributed by atoms with van der Waals surface area (Å²) in [6, 6.07) is -0.0310. The Morgan fingerprint density at radius 1 is 1.65 bits per heavy atom. The third-order valence-corrected chi connectivity index (χ3v) is 3.44. The largest absolute Gasteiger partial charge is 0.409 e. The van der Waals surface area contributed by atoms with E-state index in [1.807, 2.05) is 6.92 Å². The molecule has 17 heavy (non-hydrogen) atoms. The summed E-state index contributed by atoms with van der Waals surface area (Å²) in [4.78, 5) is 12.2. The Balaban J connectivity index is 2.67. The van der Waals surface area contributed by atoms with Crippen LogP contribution in [0.1, 0.15) is 32.6 Å². The van der Waals surface area contributed by atoms with Gasteiger partial charge < -0.3 is 21.0 Å². The number of methoxy groups -OCH3 is 1. The van der Waals surface area contributed by atoms with Crippen LogP contribution in [0.25, 0.3) is 0 Å². The van der Waals surface area contributed by atoms with Gasteiger partial charge in [0.2, 0.25) is 5.91 Å². The Morgan fingerprint density at radius 3 is 2.65 bits per heavy atom. The van der Waals surface area contributed by atoms with Gasteiger partial charge in [0.15, 0.2) is 5.84 Å². The second-order valence-electron chi connectivity index (χ2n) is 4.45. The molecule has 0 aromatic rings. The molecule has 0 saturated heterocycles. The molecule has 1 aliphatic rings. The summed E-state index contributed by atoms with van der Waals surface area (Å²) >= 11 is 0. The zero-order valence-corrected chi connectivity index (χ0v) is 10.4. The summed E-state index contributed by atoms with van der Waals surface area (Å²) in [6.45, 7) is 2.44. The predicted octanol–water partition coefficient (Wildman–Crippen LogP) is 0.444. The van der Waals surface area contributed by atoms with E-state index in [-0.39, 0.29) is 17.8 Å². The summed E-state index contributed by atoms with van der Waals surface area (Å²) in [5.41, 5.74) is 4.80. The van der Waals surface area contributed by atoms with Crippen molar-refractivity contribution in [2.75, 3.05) is 13.7 Å². The van der Waals surface area contributed by atoms with Gasteiger partial charge in [-0.1, -0.05) is 18.5 Å². The van der Waals surface area contributed by atoms with Crippen molar-refractivity contribution in [3.05, 3.63) is 0 Å². The number of hydrogen-bond acceptors (Lipinski definition) is 4. The standard InChI is InChI=1S/C11H21N3O3/c1-3-8(7-17-2)13-10(15)11(5-4-6-11)9(12)14-16/h8,16H,3-7H2,1-2H3,(H2,12,14)(H,13,15). The van der Waals surface area contributed by atoms with E-state index in [0.29, 0.717) is 19.4 Å². The lowest BCUT2D eigenvalue weighted by Crippen LogP contribution is -2.56. The molecular formula is C11H21N3O3. The van der Waals surface area contributed by atoms with E-state index < -0.39 is 5.41 Å². The van der Waals surface area contributed by atoms with Crippen molar-refractivity contribution in [2.45, 2.75) is 38.6 Å². The van der Waals surface area contributed by atoms with Gasteiger partial charge in [-0.3, -0.25) is 4.79 Å². The van der Waals surface area contributed by atoms with Crippen molar-refractivity contribution in [1.29, 1.82) is 0 Å². The fourth-order valence-corrected chi connectivity index (χ4v) is 2.01. The number of nitrogens with one attached hydrogen (secondary N) is 1. The summed E-state index contributed by atoms with van der Waals surface area (Å²) < 4.78 is 5.02. The van der Waals surface area contributed by atoms with Crippen LogP contribution >= 0.6 is 0 Å². The lowest BCUT2D eigenvalue weighted by molar-refractivity contribution is -0.132. The Hall–Kier alpha value is -1.30. The van der Waals surface area contributed by atoms with Gasteiger partial charge in [0.1, 0.15) is 5.41 Å². The van der Waals surface area contributed by atoms with E-state index in [1.165, 1.54) is 0 Å². The number of hydrogen-bond donors (Lipinski definition) is 3. The molecule has 1 amide bonds. The van der Waals surface area contributed by atoms with Crippen LogP contribution in [0.15, 0.2) is 5.16 Å². The quantitative estimate of drug-likeness (QED) is 0.273. The van der Waals surface area contributed by atoms with Crippen molar-refractivity contribution in [3.8, 4) is 0 Å². The van der Waals surface area contributed by atoms with Crippen molar-refractivity contribution in [2.24, 2.45) is 16.3 Å². The minimum atomic E-state index is -0.810. The lowest BCUT2D eigenvalue weighted by atomic mass is 9.67. The molecule has 1 fully saturated rings. The molecule has 0 heterocycles. The number of rotatable bonds is 6. The minimum absolute atomic E-state index is 0.00789. The molecule has 98 valence electrons. The molecule has 4 N–H and O–H groups in total. The van der Waals surface area contributed by atoms with Gasteiger partial charge in [-0.15, -0.1) is 0 Å². The number of carbonyl (C=O) groups excluding carboxylic acids is 1. The number of oxime groups is 1. The zero-order chi connectivity index (χ0) is 12.9. The number of carbonyl (C=O) groups is 1. The minimum Gasteiger partial charge on any atom is -0.409 e. The highest BCUT2D eigenvalue weighted by Crippen LogP contribution is 2.41. The first-order chi connectivity index (χ1) is 8.10. The van der Waals surface area contributed by atoms with Crippen LogP contribution in [0.5, 0.6) is 0 Å². The Bertz CT molecular complexity index is 300. The first-order valence-electron chi connectivity index (χ1n) is 5.88. The van der Waals surface area contributed by atoms with E-state index in [1.54, 1.807) is 7.11 Å². The van der Waals surface area contributed by atoms with Gasteiger partial charge in [-0.05, 0) is 19.3 Å². The third-order valence-electron chi connectivity index (χ3n) is 3.44. The molecule has 0 spiro atoms. The van der Waals surface area contributed by atoms with Crippen molar-refractivity contribution < 1.29 is 14.7 Å². The molecule has 0 bridgehead atoms. The molecule has 0 aromatic heterocycles. The van der Waals surface area contributed by atoms with Crippen LogP contribution in [0.3, 0.4) is 0 Å². The average Bonchev–Trinajstić information content (AvgIpc) is 2.26. The number of nitrogens with two attached hydrogens (primary N) is 1. The molecule has 0 aliphatic heterocycles. The summed E-state index contributed by atoms with van der Waals surface area (Å²) in [5.74, 6) is -0.156. The number of amidine groups is 1. The highest BCUT2D eigenvalue weighted by molar-refractivity contribution is 6.07. The molecule has 0 aromatic carbocycles. The van der Waals surface area contributed by atoms with Gasteiger partial charge in [0.05, 0.1) is 12.6 Å². The maximum Gasteiger partial charge on any atom is 0.234 e. The van der Waals surface area contributed by atoms with Crippen molar-refractivity contribution in [3.63, 3.8) is 0 Å². The molecule has 1 atom stereocenters. The van der Waals surface area contributed by atoms with Crippen LogP contribution in [0.4, 0.5) is 0 Å². The smallest absolute Gasteiger partial charge is 0.234 e. The maximum atomic E-state index is 12.2. The molecular weight excluding hydrogens is 222 g/mol. The topological polar surface area (TPSA) is 96.9 Å². The van der Waals surface area contributed by atoms with E-state index in [0.717, 1.165) is 12.8 Å². The first kappa shape index (κ1) is 13.8. The third kappa shape index (κ3) is 2.69. The first-order valence-corrected chi connectivity index (χ1v) is 5.88. The summed E-state index contributed by atoms with van der Waals surface area (Å²) in [5, 5.41) is 14.6. The average molecular weight is 243 g/mol. The monoisotopic (exact) mass is 243 g/mol. The molecule has 1 rings (SSSR count). The molecule has 6 heteroatoms. The predicted molar refractivity (Wildman–Crippen MR) is 63.8 cm³/mol. The number of nitrogens with zero attached hydrogens (tertiary/aromatic N) is 1. The van der Waals surface area contributed by atoms with Crippen molar-refractivity contribution in [1.82, 2.24) is 5.32 Å². The summed E-state index contributed by atoms with van der Waals surface area (Å²) in [7, 11) is 1.59.